The smallest absolute Gasteiger partial charge is 0.171 e. The van der Waals surface area contributed by atoms with Gasteiger partial charge >= 0.3 is 0 Å². The van der Waals surface area contributed by atoms with E-state index >= 15 is 0 Å². The molecular weight excluding hydrogens is 158 g/mol. The molecule has 0 amide bonds. The second-order valence-electron chi connectivity index (χ2n) is 4.43. The van der Waals surface area contributed by atoms with Gasteiger partial charge in [0.2, 0.25) is 0 Å². The van der Waals surface area contributed by atoms with Crippen LogP contribution in [0.1, 0.15) is 25.0 Å². The van der Waals surface area contributed by atoms with E-state index in [0.29, 0.717) is 0 Å². The first-order valence-corrected chi connectivity index (χ1v) is 4.75. The predicted molar refractivity (Wildman–Crippen MR) is 55.6 cm³/mol. The summed E-state index contributed by atoms with van der Waals surface area (Å²) in [6.07, 6.45) is 3.37. The lowest BCUT2D eigenvalue weighted by Gasteiger charge is -2.25. The van der Waals surface area contributed by atoms with E-state index in [1.807, 2.05) is 0 Å². The van der Waals surface area contributed by atoms with E-state index in [9.17, 15) is 0 Å². The third-order valence-corrected chi connectivity index (χ3v) is 2.97. The molecule has 0 aliphatic carbocycles. The van der Waals surface area contributed by atoms with Crippen LogP contribution in [-0.4, -0.2) is 23.4 Å². The van der Waals surface area contributed by atoms with Crippen molar-refractivity contribution >= 4 is 6.21 Å². The Balaban J connectivity index is 2.53. The summed E-state index contributed by atoms with van der Waals surface area (Å²) in [5.41, 5.74) is 3.09. The van der Waals surface area contributed by atoms with Crippen molar-refractivity contribution in [1.29, 1.82) is 0 Å². The molecule has 0 radical (unpaired) electrons. The van der Waals surface area contributed by atoms with Crippen LogP contribution >= 0.6 is 0 Å². The van der Waals surface area contributed by atoms with Gasteiger partial charge in [0.15, 0.2) is 11.8 Å². The van der Waals surface area contributed by atoms with Gasteiger partial charge < -0.3 is 0 Å². The first-order valence-electron chi connectivity index (χ1n) is 4.75. The highest BCUT2D eigenvalue weighted by molar-refractivity contribution is 5.79. The zero-order valence-corrected chi connectivity index (χ0v) is 8.54. The number of fused-ring (bicyclic) bond motifs is 1. The molecular formula is C12H16N+. The lowest BCUT2D eigenvalue weighted by molar-refractivity contribution is -0.572. The third-order valence-electron chi connectivity index (χ3n) is 2.97. The minimum Gasteiger partial charge on any atom is -0.233 e. The van der Waals surface area contributed by atoms with Gasteiger partial charge in [-0.05, 0) is 11.6 Å². The highest BCUT2D eigenvalue weighted by atomic mass is 15.0. The van der Waals surface area contributed by atoms with Crippen molar-refractivity contribution in [2.45, 2.75) is 25.8 Å². The lowest BCUT2D eigenvalue weighted by atomic mass is 9.89. The fourth-order valence-corrected chi connectivity index (χ4v) is 1.80. The molecule has 1 aliphatic heterocycles. The van der Waals surface area contributed by atoms with Crippen molar-refractivity contribution in [3.63, 3.8) is 0 Å². The third kappa shape index (κ3) is 1.39. The van der Waals surface area contributed by atoms with Gasteiger partial charge in [-0.1, -0.05) is 18.2 Å². The molecule has 0 atom stereocenters. The molecule has 1 aliphatic rings. The zero-order chi connectivity index (χ0) is 9.47. The quantitative estimate of drug-likeness (QED) is 0.530. The van der Waals surface area contributed by atoms with Gasteiger partial charge in [-0.2, -0.15) is 0 Å². The molecule has 0 aromatic heterocycles. The summed E-state index contributed by atoms with van der Waals surface area (Å²) in [4.78, 5) is 0. The number of hydrogen-bond acceptors (Lipinski definition) is 0. The molecule has 13 heavy (non-hydrogen) atoms. The number of benzene rings is 1. The molecule has 0 saturated carbocycles. The Kier molecular flexibility index (Phi) is 1.76. The maximum atomic E-state index is 2.30. The molecule has 0 fully saturated rings. The number of likely N-dealkylation sites (N-methyl/N-ethyl adjacent to an activating group) is 1. The van der Waals surface area contributed by atoms with Gasteiger partial charge in [-0.25, -0.2) is 4.58 Å². The SMILES string of the molecule is C[N+]1=Cc2ccccc2CC1(C)C. The largest absolute Gasteiger partial charge is 0.233 e. The minimum absolute atomic E-state index is 0.258. The highest BCUT2D eigenvalue weighted by Gasteiger charge is 2.31. The van der Waals surface area contributed by atoms with Crippen molar-refractivity contribution in [2.24, 2.45) is 0 Å². The minimum atomic E-state index is 0.258. The van der Waals surface area contributed by atoms with E-state index in [1.165, 1.54) is 11.1 Å². The van der Waals surface area contributed by atoms with Crippen molar-refractivity contribution in [3.05, 3.63) is 35.4 Å². The maximum absolute atomic E-state index is 2.30. The molecule has 2 rings (SSSR count). The Bertz CT molecular complexity index is 361. The topological polar surface area (TPSA) is 3.01 Å². The van der Waals surface area contributed by atoms with Crippen LogP contribution in [-0.2, 0) is 6.42 Å². The highest BCUT2D eigenvalue weighted by Crippen LogP contribution is 2.22. The normalized spacial score (nSPS) is 19.2. The maximum Gasteiger partial charge on any atom is 0.171 e. The van der Waals surface area contributed by atoms with Gasteiger partial charge in [-0.15, -0.1) is 0 Å². The van der Waals surface area contributed by atoms with E-state index in [2.05, 4.69) is 56.0 Å². The summed E-state index contributed by atoms with van der Waals surface area (Å²) in [5.74, 6) is 0. The molecule has 1 heteroatoms. The molecule has 0 unspecified atom stereocenters. The molecule has 1 heterocycles. The average molecular weight is 174 g/mol. The molecule has 68 valence electrons. The molecule has 0 spiro atoms. The van der Waals surface area contributed by atoms with Crippen LogP contribution in [0.2, 0.25) is 0 Å². The van der Waals surface area contributed by atoms with E-state index < -0.39 is 0 Å². The summed E-state index contributed by atoms with van der Waals surface area (Å²) in [5, 5.41) is 0. The average Bonchev–Trinajstić information content (AvgIpc) is 2.06. The van der Waals surface area contributed by atoms with Gasteiger partial charge in [0.05, 0.1) is 0 Å². The Morgan fingerprint density at radius 1 is 1.23 bits per heavy atom. The van der Waals surface area contributed by atoms with Crippen LogP contribution < -0.4 is 0 Å². The van der Waals surface area contributed by atoms with Crippen molar-refractivity contribution in [3.8, 4) is 0 Å². The second kappa shape index (κ2) is 2.69. The van der Waals surface area contributed by atoms with Crippen LogP contribution in [0.4, 0.5) is 0 Å². The fourth-order valence-electron chi connectivity index (χ4n) is 1.80. The van der Waals surface area contributed by atoms with E-state index in [1.54, 1.807) is 0 Å². The second-order valence-corrected chi connectivity index (χ2v) is 4.43. The zero-order valence-electron chi connectivity index (χ0n) is 8.54. The summed E-state index contributed by atoms with van der Waals surface area (Å²) in [6, 6.07) is 8.62. The van der Waals surface area contributed by atoms with Crippen molar-refractivity contribution in [2.75, 3.05) is 7.05 Å². The Labute approximate surface area is 79.7 Å². The van der Waals surface area contributed by atoms with E-state index in [4.69, 9.17) is 0 Å². The molecule has 0 saturated heterocycles. The van der Waals surface area contributed by atoms with Crippen LogP contribution in [0.25, 0.3) is 0 Å². The lowest BCUT2D eigenvalue weighted by Crippen LogP contribution is -2.40. The van der Waals surface area contributed by atoms with Gasteiger partial charge in [0.1, 0.15) is 7.05 Å². The first kappa shape index (κ1) is 8.49. The molecule has 1 aromatic rings. The summed E-state index contributed by atoms with van der Waals surface area (Å²) < 4.78 is 2.30. The number of rotatable bonds is 0. The van der Waals surface area contributed by atoms with Gasteiger partial charge in [-0.3, -0.25) is 0 Å². The molecule has 1 nitrogen and oxygen atoms in total. The summed E-state index contributed by atoms with van der Waals surface area (Å²) in [7, 11) is 2.15. The first-order chi connectivity index (χ1) is 6.09. The standard InChI is InChI=1S/C12H16N/c1-12(2)8-10-6-4-5-7-11(10)9-13(12)3/h4-7,9H,8H2,1-3H3/q+1. The Morgan fingerprint density at radius 3 is 2.69 bits per heavy atom. The van der Waals surface area contributed by atoms with Crippen molar-refractivity contribution < 1.29 is 4.58 Å². The Hall–Kier alpha value is -1.11. The molecule has 0 N–H and O–H groups in total. The Morgan fingerprint density at radius 2 is 1.92 bits per heavy atom. The number of hydrogen-bond donors (Lipinski definition) is 0. The van der Waals surface area contributed by atoms with Crippen LogP contribution in [0.3, 0.4) is 0 Å². The fraction of sp³-hybridized carbons (Fsp3) is 0.417. The van der Waals surface area contributed by atoms with E-state index in [0.717, 1.165) is 6.42 Å². The van der Waals surface area contributed by atoms with Crippen molar-refractivity contribution in [1.82, 2.24) is 0 Å². The number of nitrogens with zero attached hydrogens (tertiary/aromatic N) is 1. The molecule has 1 aromatic carbocycles. The van der Waals surface area contributed by atoms with Crippen LogP contribution in [0.5, 0.6) is 0 Å². The van der Waals surface area contributed by atoms with E-state index in [-0.39, 0.29) is 5.54 Å². The monoisotopic (exact) mass is 174 g/mol. The summed E-state index contributed by atoms with van der Waals surface area (Å²) in [6.45, 7) is 4.55. The molecule has 0 bridgehead atoms. The van der Waals surface area contributed by atoms with Crippen LogP contribution in [0.15, 0.2) is 24.3 Å². The summed E-state index contributed by atoms with van der Waals surface area (Å²) >= 11 is 0. The van der Waals surface area contributed by atoms with Gasteiger partial charge in [0, 0.05) is 25.8 Å². The van der Waals surface area contributed by atoms with Crippen LogP contribution in [0, 0.1) is 0 Å². The van der Waals surface area contributed by atoms with Gasteiger partial charge in [0.25, 0.3) is 0 Å². The predicted octanol–water partition coefficient (Wildman–Crippen LogP) is 2.08.